The maximum Gasteiger partial charge on any atom is 0.492 e. The molecule has 0 heterocycles. The van der Waals surface area contributed by atoms with Gasteiger partial charge in [-0.05, 0) is 6.07 Å². The summed E-state index contributed by atoms with van der Waals surface area (Å²) in [6.07, 6.45) is 0. The van der Waals surface area contributed by atoms with Crippen LogP contribution in [0.1, 0.15) is 0 Å². The van der Waals surface area contributed by atoms with Gasteiger partial charge in [0.1, 0.15) is 18.2 Å². The van der Waals surface area contributed by atoms with Gasteiger partial charge in [0.15, 0.2) is 0 Å². The first-order valence-corrected chi connectivity index (χ1v) is 4.42. The SMILES string of the molecule is COCCOc1cc(F)ccc1B(O)O. The molecule has 2 N–H and O–H groups in total. The lowest BCUT2D eigenvalue weighted by molar-refractivity contribution is 0.146. The van der Waals surface area contributed by atoms with Gasteiger partial charge in [0.25, 0.3) is 0 Å². The van der Waals surface area contributed by atoms with Crippen LogP contribution < -0.4 is 10.2 Å². The van der Waals surface area contributed by atoms with Gasteiger partial charge < -0.3 is 19.5 Å². The molecule has 82 valence electrons. The molecule has 0 atom stereocenters. The van der Waals surface area contributed by atoms with Crippen LogP contribution in [0, 0.1) is 5.82 Å². The van der Waals surface area contributed by atoms with Gasteiger partial charge >= 0.3 is 7.12 Å². The number of rotatable bonds is 5. The van der Waals surface area contributed by atoms with E-state index in [2.05, 4.69) is 0 Å². The van der Waals surface area contributed by atoms with Crippen molar-refractivity contribution in [3.8, 4) is 5.75 Å². The van der Waals surface area contributed by atoms with Gasteiger partial charge in [0.05, 0.1) is 6.61 Å². The second-order valence-electron chi connectivity index (χ2n) is 2.90. The summed E-state index contributed by atoms with van der Waals surface area (Å²) in [6, 6.07) is 3.50. The lowest BCUT2D eigenvalue weighted by Gasteiger charge is -2.10. The molecule has 4 nitrogen and oxygen atoms in total. The monoisotopic (exact) mass is 214 g/mol. The van der Waals surface area contributed by atoms with Gasteiger partial charge in [-0.3, -0.25) is 0 Å². The predicted octanol–water partition coefficient (Wildman–Crippen LogP) is -0.469. The average Bonchev–Trinajstić information content (AvgIpc) is 2.18. The van der Waals surface area contributed by atoms with Crippen molar-refractivity contribution in [1.82, 2.24) is 0 Å². The molecule has 0 saturated heterocycles. The van der Waals surface area contributed by atoms with Gasteiger partial charge in [0, 0.05) is 18.6 Å². The highest BCUT2D eigenvalue weighted by Gasteiger charge is 2.17. The third-order valence-corrected chi connectivity index (χ3v) is 1.80. The summed E-state index contributed by atoms with van der Waals surface area (Å²) in [5.74, 6) is -0.381. The molecule has 0 bridgehead atoms. The van der Waals surface area contributed by atoms with E-state index in [9.17, 15) is 4.39 Å². The molecule has 0 aliphatic carbocycles. The lowest BCUT2D eigenvalue weighted by atomic mass is 9.79. The zero-order valence-corrected chi connectivity index (χ0v) is 8.31. The third kappa shape index (κ3) is 3.51. The van der Waals surface area contributed by atoms with Crippen molar-refractivity contribution < 1.29 is 23.9 Å². The highest BCUT2D eigenvalue weighted by Crippen LogP contribution is 2.10. The second kappa shape index (κ2) is 5.70. The molecule has 0 spiro atoms. The van der Waals surface area contributed by atoms with E-state index in [1.54, 1.807) is 0 Å². The Kier molecular flexibility index (Phi) is 4.55. The van der Waals surface area contributed by atoms with Gasteiger partial charge in [-0.2, -0.15) is 0 Å². The molecule has 1 rings (SSSR count). The molecule has 1 aromatic carbocycles. The molecule has 0 unspecified atom stereocenters. The molecule has 1 aromatic rings. The number of methoxy groups -OCH3 is 1. The summed E-state index contributed by atoms with van der Waals surface area (Å²) in [6.45, 7) is 0.567. The van der Waals surface area contributed by atoms with Crippen molar-refractivity contribution in [2.24, 2.45) is 0 Å². The minimum absolute atomic E-state index is 0.113. The molecule has 0 aromatic heterocycles. The molecule has 0 radical (unpaired) electrons. The van der Waals surface area contributed by atoms with Crippen LogP contribution in [-0.2, 0) is 4.74 Å². The summed E-state index contributed by atoms with van der Waals surface area (Å²) in [7, 11) is -0.167. The Bertz CT molecular complexity index is 319. The first-order chi connectivity index (χ1) is 7.15. The number of halogens is 1. The van der Waals surface area contributed by atoms with E-state index in [0.717, 1.165) is 12.1 Å². The highest BCUT2D eigenvalue weighted by atomic mass is 19.1. The molecule has 0 amide bonds. The fraction of sp³-hybridized carbons (Fsp3) is 0.333. The third-order valence-electron chi connectivity index (χ3n) is 1.80. The molecule has 0 aliphatic rings. The first-order valence-electron chi connectivity index (χ1n) is 4.42. The predicted molar refractivity (Wildman–Crippen MR) is 53.6 cm³/mol. The quantitative estimate of drug-likeness (QED) is 0.513. The Hall–Kier alpha value is -1.11. The van der Waals surface area contributed by atoms with E-state index >= 15 is 0 Å². The summed E-state index contributed by atoms with van der Waals surface area (Å²) in [5.41, 5.74) is 0.132. The van der Waals surface area contributed by atoms with Crippen LogP contribution in [0.3, 0.4) is 0 Å². The fourth-order valence-electron chi connectivity index (χ4n) is 1.08. The Labute approximate surface area is 87.4 Å². The largest absolute Gasteiger partial charge is 0.492 e. The van der Waals surface area contributed by atoms with E-state index < -0.39 is 12.9 Å². The second-order valence-corrected chi connectivity index (χ2v) is 2.90. The topological polar surface area (TPSA) is 58.9 Å². The van der Waals surface area contributed by atoms with E-state index in [4.69, 9.17) is 19.5 Å². The summed E-state index contributed by atoms with van der Waals surface area (Å²) in [5, 5.41) is 17.9. The van der Waals surface area contributed by atoms with Crippen molar-refractivity contribution in [3.05, 3.63) is 24.0 Å². The van der Waals surface area contributed by atoms with Gasteiger partial charge in [-0.25, -0.2) is 4.39 Å². The normalized spacial score (nSPS) is 10.1. The van der Waals surface area contributed by atoms with Crippen molar-refractivity contribution >= 4 is 12.6 Å². The van der Waals surface area contributed by atoms with Crippen LogP contribution in [0.4, 0.5) is 4.39 Å². The summed E-state index contributed by atoms with van der Waals surface area (Å²) >= 11 is 0. The number of ether oxygens (including phenoxy) is 2. The molecule has 6 heteroatoms. The summed E-state index contributed by atoms with van der Waals surface area (Å²) in [4.78, 5) is 0. The van der Waals surface area contributed by atoms with Crippen LogP contribution in [0.15, 0.2) is 18.2 Å². The molecule has 15 heavy (non-hydrogen) atoms. The maximum atomic E-state index is 12.8. The molecule has 0 saturated carbocycles. The lowest BCUT2D eigenvalue weighted by Crippen LogP contribution is -2.31. The minimum atomic E-state index is -1.68. The van der Waals surface area contributed by atoms with Crippen molar-refractivity contribution in [1.29, 1.82) is 0 Å². The number of benzene rings is 1. The van der Waals surface area contributed by atoms with Gasteiger partial charge in [-0.1, -0.05) is 6.07 Å². The Morgan fingerprint density at radius 1 is 1.33 bits per heavy atom. The van der Waals surface area contributed by atoms with E-state index in [-0.39, 0.29) is 17.8 Å². The highest BCUT2D eigenvalue weighted by molar-refractivity contribution is 6.59. The number of hydrogen-bond acceptors (Lipinski definition) is 4. The zero-order chi connectivity index (χ0) is 11.3. The van der Waals surface area contributed by atoms with Crippen LogP contribution >= 0.6 is 0 Å². The number of hydrogen-bond donors (Lipinski definition) is 2. The van der Waals surface area contributed by atoms with Crippen LogP contribution in [0.2, 0.25) is 0 Å². The van der Waals surface area contributed by atoms with Gasteiger partial charge in [0.2, 0.25) is 0 Å². The maximum absolute atomic E-state index is 12.8. The Balaban J connectivity index is 2.77. The molecular formula is C9H12BFO4. The molecule has 0 aliphatic heterocycles. The van der Waals surface area contributed by atoms with E-state index in [0.29, 0.717) is 6.61 Å². The van der Waals surface area contributed by atoms with Gasteiger partial charge in [-0.15, -0.1) is 0 Å². The van der Waals surface area contributed by atoms with Crippen LogP contribution in [0.5, 0.6) is 5.75 Å². The first kappa shape index (κ1) is 12.0. The van der Waals surface area contributed by atoms with Crippen molar-refractivity contribution in [2.45, 2.75) is 0 Å². The van der Waals surface area contributed by atoms with E-state index in [1.165, 1.54) is 13.2 Å². The van der Waals surface area contributed by atoms with Crippen molar-refractivity contribution in [3.63, 3.8) is 0 Å². The van der Waals surface area contributed by atoms with Crippen molar-refractivity contribution in [2.75, 3.05) is 20.3 Å². The Morgan fingerprint density at radius 3 is 2.67 bits per heavy atom. The zero-order valence-electron chi connectivity index (χ0n) is 8.31. The van der Waals surface area contributed by atoms with Crippen LogP contribution in [0.25, 0.3) is 0 Å². The average molecular weight is 214 g/mol. The fourth-order valence-corrected chi connectivity index (χ4v) is 1.08. The Morgan fingerprint density at radius 2 is 2.07 bits per heavy atom. The molecule has 0 fully saturated rings. The van der Waals surface area contributed by atoms with Crippen LogP contribution in [-0.4, -0.2) is 37.5 Å². The smallest absolute Gasteiger partial charge is 0.491 e. The standard InChI is InChI=1S/C9H12BFO4/c1-14-4-5-15-9-6-7(11)2-3-8(9)10(12)13/h2-3,6,12-13H,4-5H2,1H3. The molecular weight excluding hydrogens is 202 g/mol. The minimum Gasteiger partial charge on any atom is -0.491 e. The summed E-state index contributed by atoms with van der Waals surface area (Å²) < 4.78 is 22.7. The van der Waals surface area contributed by atoms with E-state index in [1.807, 2.05) is 0 Å².